The van der Waals surface area contributed by atoms with E-state index in [1.54, 1.807) is 0 Å². The molecule has 0 saturated carbocycles. The van der Waals surface area contributed by atoms with Gasteiger partial charge in [-0.05, 0) is 35.7 Å². The Morgan fingerprint density at radius 1 is 1.10 bits per heavy atom. The number of aryl methyl sites for hydroxylation is 2. The number of aromatic nitrogens is 2. The zero-order valence-corrected chi connectivity index (χ0v) is 17.2. The number of nitrogens with zero attached hydrogens (tertiary/aromatic N) is 2. The van der Waals surface area contributed by atoms with E-state index < -0.39 is 6.37 Å². The molecule has 0 unspecified atom stereocenters. The molecular formula is C26H25N2O+. The summed E-state index contributed by atoms with van der Waals surface area (Å²) < 4.78 is 25.5. The number of hydrogen-bond donors (Lipinski definition) is 0. The van der Waals surface area contributed by atoms with Gasteiger partial charge in [0, 0.05) is 31.8 Å². The van der Waals surface area contributed by atoms with Crippen molar-refractivity contribution in [2.24, 2.45) is 13.0 Å². The smallest absolute Gasteiger partial charge is 0.227 e. The first-order valence-corrected chi connectivity index (χ1v) is 9.99. The summed E-state index contributed by atoms with van der Waals surface area (Å²) in [6, 6.07) is 16.3. The molecule has 5 aromatic rings. The molecule has 0 bridgehead atoms. The van der Waals surface area contributed by atoms with Crippen molar-refractivity contribution in [2.45, 2.75) is 27.1 Å². The standard InChI is InChI=1S/C26H25N2O/c1-16(2)13-18-11-12-28(4)22(14-18)23-17(3)9-10-21-24-20-8-6-5-7-19(20)15-27-26(24)29-25(21)23/h5-12,14-16H,13H2,1-4H3/q+1/i13D2. The lowest BCUT2D eigenvalue weighted by Crippen LogP contribution is -2.31. The third-order valence-electron chi connectivity index (χ3n) is 5.46. The summed E-state index contributed by atoms with van der Waals surface area (Å²) in [6.07, 6.45) is 2.36. The molecule has 0 amide bonds. The number of furan rings is 1. The second-order valence-corrected chi connectivity index (χ2v) is 7.97. The van der Waals surface area contributed by atoms with E-state index in [9.17, 15) is 0 Å². The molecule has 2 aromatic carbocycles. The number of fused-ring (bicyclic) bond motifs is 5. The van der Waals surface area contributed by atoms with Crippen LogP contribution in [-0.2, 0) is 13.4 Å². The van der Waals surface area contributed by atoms with Gasteiger partial charge in [0.2, 0.25) is 11.4 Å². The van der Waals surface area contributed by atoms with Crippen molar-refractivity contribution >= 4 is 32.8 Å². The van der Waals surface area contributed by atoms with Gasteiger partial charge in [-0.1, -0.05) is 50.2 Å². The van der Waals surface area contributed by atoms with Crippen LogP contribution in [0.5, 0.6) is 0 Å². The van der Waals surface area contributed by atoms with Crippen LogP contribution in [0.1, 0.15) is 27.7 Å². The zero-order valence-electron chi connectivity index (χ0n) is 19.2. The molecule has 0 fully saturated rings. The second-order valence-electron chi connectivity index (χ2n) is 7.97. The molecule has 0 atom stereocenters. The largest absolute Gasteiger partial charge is 0.437 e. The van der Waals surface area contributed by atoms with Crippen LogP contribution in [-0.4, -0.2) is 4.98 Å². The minimum atomic E-state index is -1.42. The zero-order chi connectivity index (χ0) is 21.9. The first-order chi connectivity index (χ1) is 14.8. The second kappa shape index (κ2) is 6.70. The van der Waals surface area contributed by atoms with E-state index in [2.05, 4.69) is 36.2 Å². The molecule has 29 heavy (non-hydrogen) atoms. The Hall–Kier alpha value is -3.20. The number of pyridine rings is 2. The SMILES string of the molecule is [2H]C([2H])(c1cc[n+](C)c(-c2c(C)ccc3c2oc2ncc4ccccc4c23)c1)C(C)C. The van der Waals surface area contributed by atoms with Gasteiger partial charge in [-0.15, -0.1) is 0 Å². The Kier molecular flexibility index (Phi) is 3.62. The van der Waals surface area contributed by atoms with Crippen LogP contribution in [0.3, 0.4) is 0 Å². The minimum Gasteiger partial charge on any atom is -0.437 e. The summed E-state index contributed by atoms with van der Waals surface area (Å²) in [5, 5.41) is 4.25. The monoisotopic (exact) mass is 383 g/mol. The Labute approximate surface area is 173 Å². The Bertz CT molecular complexity index is 1470. The van der Waals surface area contributed by atoms with Crippen molar-refractivity contribution in [1.29, 1.82) is 0 Å². The lowest BCUT2D eigenvalue weighted by atomic mass is 9.97. The van der Waals surface area contributed by atoms with Crippen molar-refractivity contribution in [3.05, 3.63) is 72.1 Å². The molecule has 5 rings (SSSR count). The van der Waals surface area contributed by atoms with E-state index in [-0.39, 0.29) is 5.92 Å². The Morgan fingerprint density at radius 3 is 2.76 bits per heavy atom. The van der Waals surface area contributed by atoms with Gasteiger partial charge in [0.05, 0.1) is 10.9 Å². The fourth-order valence-corrected chi connectivity index (χ4v) is 4.12. The normalized spacial score (nSPS) is 13.4. The van der Waals surface area contributed by atoms with E-state index in [4.69, 9.17) is 7.16 Å². The van der Waals surface area contributed by atoms with Crippen LogP contribution in [0.4, 0.5) is 0 Å². The van der Waals surface area contributed by atoms with Crippen molar-refractivity contribution < 1.29 is 11.7 Å². The quantitative estimate of drug-likeness (QED) is 0.351. The molecule has 3 aromatic heterocycles. The maximum atomic E-state index is 8.57. The minimum absolute atomic E-state index is 0.133. The van der Waals surface area contributed by atoms with Crippen LogP contribution in [0.15, 0.2) is 65.3 Å². The third-order valence-corrected chi connectivity index (χ3v) is 5.46. The highest BCUT2D eigenvalue weighted by molar-refractivity contribution is 6.19. The van der Waals surface area contributed by atoms with Crippen molar-refractivity contribution in [3.8, 4) is 11.3 Å². The number of hydrogen-bond acceptors (Lipinski definition) is 2. The Morgan fingerprint density at radius 2 is 1.93 bits per heavy atom. The van der Waals surface area contributed by atoms with Crippen molar-refractivity contribution in [2.75, 3.05) is 0 Å². The van der Waals surface area contributed by atoms with Gasteiger partial charge in [-0.25, -0.2) is 9.55 Å². The van der Waals surface area contributed by atoms with E-state index >= 15 is 0 Å². The van der Waals surface area contributed by atoms with E-state index in [0.717, 1.165) is 43.9 Å². The van der Waals surface area contributed by atoms with Crippen molar-refractivity contribution in [1.82, 2.24) is 4.98 Å². The van der Waals surface area contributed by atoms with E-state index in [1.165, 1.54) is 0 Å². The molecular weight excluding hydrogens is 356 g/mol. The van der Waals surface area contributed by atoms with Gasteiger partial charge in [0.15, 0.2) is 11.8 Å². The first-order valence-electron chi connectivity index (χ1n) is 11.0. The average Bonchev–Trinajstić information content (AvgIpc) is 3.13. The van der Waals surface area contributed by atoms with Crippen molar-refractivity contribution in [3.63, 3.8) is 0 Å². The van der Waals surface area contributed by atoms with Gasteiger partial charge in [-0.3, -0.25) is 0 Å². The Balaban J connectivity index is 1.86. The van der Waals surface area contributed by atoms with Crippen LogP contribution in [0.2, 0.25) is 0 Å². The van der Waals surface area contributed by atoms with E-state index in [0.29, 0.717) is 11.3 Å². The molecule has 3 heteroatoms. The molecule has 0 aliphatic heterocycles. The van der Waals surface area contributed by atoms with Gasteiger partial charge >= 0.3 is 0 Å². The van der Waals surface area contributed by atoms with Gasteiger partial charge < -0.3 is 4.42 Å². The molecule has 144 valence electrons. The molecule has 0 aliphatic rings. The number of rotatable bonds is 3. The average molecular weight is 384 g/mol. The molecule has 0 radical (unpaired) electrons. The maximum absolute atomic E-state index is 8.57. The van der Waals surface area contributed by atoms with Gasteiger partial charge in [0.25, 0.3) is 0 Å². The fourth-order valence-electron chi connectivity index (χ4n) is 4.12. The first kappa shape index (κ1) is 15.7. The lowest BCUT2D eigenvalue weighted by Gasteiger charge is -2.09. The van der Waals surface area contributed by atoms with Crippen LogP contribution < -0.4 is 4.57 Å². The highest BCUT2D eigenvalue weighted by atomic mass is 16.3. The van der Waals surface area contributed by atoms with E-state index in [1.807, 2.05) is 62.1 Å². The third kappa shape index (κ3) is 2.89. The summed E-state index contributed by atoms with van der Waals surface area (Å²) in [5.74, 6) is -0.133. The molecule has 0 spiro atoms. The lowest BCUT2D eigenvalue weighted by molar-refractivity contribution is -0.660. The predicted octanol–water partition coefficient (Wildman–Crippen LogP) is 6.13. The predicted molar refractivity (Wildman–Crippen MR) is 119 cm³/mol. The summed E-state index contributed by atoms with van der Waals surface area (Å²) in [4.78, 5) is 4.58. The summed E-state index contributed by atoms with van der Waals surface area (Å²) in [5.41, 5.74) is 5.06. The van der Waals surface area contributed by atoms with Crippen LogP contribution in [0, 0.1) is 12.8 Å². The molecule has 3 heterocycles. The number of benzene rings is 2. The van der Waals surface area contributed by atoms with Crippen LogP contribution >= 0.6 is 0 Å². The van der Waals surface area contributed by atoms with Crippen LogP contribution in [0.25, 0.3) is 44.1 Å². The molecule has 0 N–H and O–H groups in total. The fraction of sp³-hybridized carbons (Fsp3) is 0.231. The molecule has 3 nitrogen and oxygen atoms in total. The molecule has 0 aliphatic carbocycles. The van der Waals surface area contributed by atoms with Gasteiger partial charge in [-0.2, -0.15) is 0 Å². The topological polar surface area (TPSA) is 29.9 Å². The highest BCUT2D eigenvalue weighted by Crippen LogP contribution is 2.39. The maximum Gasteiger partial charge on any atom is 0.227 e. The summed E-state index contributed by atoms with van der Waals surface area (Å²) in [6.45, 7) is 5.89. The molecule has 0 saturated heterocycles. The summed E-state index contributed by atoms with van der Waals surface area (Å²) in [7, 11) is 1.98. The highest BCUT2D eigenvalue weighted by Gasteiger charge is 2.22. The summed E-state index contributed by atoms with van der Waals surface area (Å²) >= 11 is 0. The van der Waals surface area contributed by atoms with Gasteiger partial charge in [0.1, 0.15) is 7.05 Å².